The Kier molecular flexibility index (Phi) is 4.95. The number of carbonyl (C=O) groups excluding carboxylic acids is 1. The summed E-state index contributed by atoms with van der Waals surface area (Å²) < 4.78 is 10.2. The van der Waals surface area contributed by atoms with Crippen LogP contribution < -0.4 is 4.74 Å². The van der Waals surface area contributed by atoms with Gasteiger partial charge in [-0.05, 0) is 29.3 Å². The van der Waals surface area contributed by atoms with Crippen LogP contribution in [0.4, 0.5) is 0 Å². The van der Waals surface area contributed by atoms with Crippen LogP contribution in [0.5, 0.6) is 5.75 Å². The normalized spacial score (nSPS) is 10.4. The van der Waals surface area contributed by atoms with Crippen LogP contribution in [0.3, 0.4) is 0 Å². The summed E-state index contributed by atoms with van der Waals surface area (Å²) in [7, 11) is 1.62. The summed E-state index contributed by atoms with van der Waals surface area (Å²) in [5, 5.41) is 0. The second-order valence-corrected chi connectivity index (χ2v) is 4.20. The molecule has 20 heavy (non-hydrogen) atoms. The predicted octanol–water partition coefficient (Wildman–Crippen LogP) is 3.45. The number of methoxy groups -OCH3 is 1. The first-order chi connectivity index (χ1) is 9.78. The van der Waals surface area contributed by atoms with Crippen molar-refractivity contribution in [3.8, 4) is 5.75 Å². The van der Waals surface area contributed by atoms with Crippen LogP contribution in [0.25, 0.3) is 6.08 Å². The lowest BCUT2D eigenvalue weighted by atomic mass is 10.2. The van der Waals surface area contributed by atoms with Gasteiger partial charge in [-0.25, -0.2) is 4.79 Å². The first-order valence-electron chi connectivity index (χ1n) is 6.31. The molecule has 0 fully saturated rings. The highest BCUT2D eigenvalue weighted by Gasteiger charge is 1.98. The fourth-order valence-corrected chi connectivity index (χ4v) is 1.66. The van der Waals surface area contributed by atoms with Crippen molar-refractivity contribution >= 4 is 12.0 Å². The van der Waals surface area contributed by atoms with Crippen LogP contribution in [0.15, 0.2) is 60.7 Å². The highest BCUT2D eigenvalue weighted by atomic mass is 16.5. The quantitative estimate of drug-likeness (QED) is 0.615. The van der Waals surface area contributed by atoms with Gasteiger partial charge in [-0.15, -0.1) is 0 Å². The molecule has 0 aromatic heterocycles. The Morgan fingerprint density at radius 2 is 1.75 bits per heavy atom. The van der Waals surface area contributed by atoms with Crippen LogP contribution in [0.2, 0.25) is 0 Å². The highest BCUT2D eigenvalue weighted by molar-refractivity contribution is 5.87. The number of hydrogen-bond donors (Lipinski definition) is 0. The van der Waals surface area contributed by atoms with E-state index in [2.05, 4.69) is 0 Å². The third-order valence-electron chi connectivity index (χ3n) is 2.75. The molecule has 0 aliphatic heterocycles. The maximum Gasteiger partial charge on any atom is 0.331 e. The Balaban J connectivity index is 1.85. The second kappa shape index (κ2) is 7.14. The summed E-state index contributed by atoms with van der Waals surface area (Å²) in [6, 6.07) is 17.0. The average molecular weight is 268 g/mol. The molecule has 2 aromatic rings. The lowest BCUT2D eigenvalue weighted by Gasteiger charge is -2.02. The third-order valence-corrected chi connectivity index (χ3v) is 2.75. The summed E-state index contributed by atoms with van der Waals surface area (Å²) in [5.74, 6) is 0.429. The zero-order chi connectivity index (χ0) is 14.2. The molecule has 0 bridgehead atoms. The fourth-order valence-electron chi connectivity index (χ4n) is 1.66. The van der Waals surface area contributed by atoms with Gasteiger partial charge in [0.05, 0.1) is 7.11 Å². The molecule has 2 aromatic carbocycles. The van der Waals surface area contributed by atoms with E-state index in [9.17, 15) is 4.79 Å². The Morgan fingerprint density at radius 1 is 1.05 bits per heavy atom. The smallest absolute Gasteiger partial charge is 0.331 e. The molecule has 0 spiro atoms. The van der Waals surface area contributed by atoms with Crippen molar-refractivity contribution in [3.63, 3.8) is 0 Å². The Labute approximate surface area is 118 Å². The molecule has 0 atom stereocenters. The maximum atomic E-state index is 11.6. The molecule has 3 heteroatoms. The molecule has 0 N–H and O–H groups in total. The van der Waals surface area contributed by atoms with Crippen molar-refractivity contribution in [1.29, 1.82) is 0 Å². The average Bonchev–Trinajstić information content (AvgIpc) is 2.52. The number of carbonyl (C=O) groups is 1. The first kappa shape index (κ1) is 13.9. The van der Waals surface area contributed by atoms with Gasteiger partial charge in [0.1, 0.15) is 12.4 Å². The van der Waals surface area contributed by atoms with Crippen molar-refractivity contribution in [2.24, 2.45) is 0 Å². The van der Waals surface area contributed by atoms with Gasteiger partial charge in [-0.3, -0.25) is 0 Å². The van der Waals surface area contributed by atoms with Crippen molar-refractivity contribution in [3.05, 3.63) is 71.8 Å². The van der Waals surface area contributed by atoms with Gasteiger partial charge in [0, 0.05) is 6.08 Å². The van der Waals surface area contributed by atoms with Gasteiger partial charge < -0.3 is 9.47 Å². The summed E-state index contributed by atoms with van der Waals surface area (Å²) >= 11 is 0. The summed E-state index contributed by atoms with van der Waals surface area (Å²) in [5.41, 5.74) is 1.89. The number of benzene rings is 2. The van der Waals surface area contributed by atoms with Gasteiger partial charge >= 0.3 is 5.97 Å². The van der Waals surface area contributed by atoms with Gasteiger partial charge in [-0.1, -0.05) is 42.5 Å². The molecule has 0 radical (unpaired) electrons. The van der Waals surface area contributed by atoms with E-state index in [4.69, 9.17) is 9.47 Å². The van der Waals surface area contributed by atoms with E-state index < -0.39 is 0 Å². The molecular weight excluding hydrogens is 252 g/mol. The lowest BCUT2D eigenvalue weighted by Crippen LogP contribution is -2.00. The van der Waals surface area contributed by atoms with E-state index in [1.54, 1.807) is 13.2 Å². The van der Waals surface area contributed by atoms with E-state index in [1.807, 2.05) is 54.6 Å². The molecule has 0 saturated heterocycles. The molecular formula is C17H16O3. The van der Waals surface area contributed by atoms with Gasteiger partial charge in [0.25, 0.3) is 0 Å². The van der Waals surface area contributed by atoms with Gasteiger partial charge in [0.2, 0.25) is 0 Å². The molecule has 0 saturated carbocycles. The molecule has 2 rings (SSSR count). The Bertz CT molecular complexity index is 571. The van der Waals surface area contributed by atoms with Gasteiger partial charge in [0.15, 0.2) is 0 Å². The Hall–Kier alpha value is -2.55. The minimum absolute atomic E-state index is 0.284. The van der Waals surface area contributed by atoms with Gasteiger partial charge in [-0.2, -0.15) is 0 Å². The third kappa shape index (κ3) is 4.28. The van der Waals surface area contributed by atoms with Crippen molar-refractivity contribution in [2.75, 3.05) is 7.11 Å². The van der Waals surface area contributed by atoms with E-state index in [0.29, 0.717) is 0 Å². The monoisotopic (exact) mass is 268 g/mol. The SMILES string of the molecule is COc1ccc(C=CC(=O)OCc2ccccc2)cc1. The van der Waals surface area contributed by atoms with Crippen molar-refractivity contribution in [2.45, 2.75) is 6.61 Å². The molecule has 0 aliphatic carbocycles. The second-order valence-electron chi connectivity index (χ2n) is 4.20. The molecule has 0 unspecified atom stereocenters. The Morgan fingerprint density at radius 3 is 2.40 bits per heavy atom. The minimum atomic E-state index is -0.357. The van der Waals surface area contributed by atoms with E-state index in [-0.39, 0.29) is 12.6 Å². The molecule has 0 aliphatic rings. The minimum Gasteiger partial charge on any atom is -0.497 e. The van der Waals surface area contributed by atoms with Crippen molar-refractivity contribution < 1.29 is 14.3 Å². The van der Waals surface area contributed by atoms with E-state index in [0.717, 1.165) is 16.9 Å². The summed E-state index contributed by atoms with van der Waals surface area (Å²) in [6.45, 7) is 0.284. The lowest BCUT2D eigenvalue weighted by molar-refractivity contribution is -0.138. The van der Waals surface area contributed by atoms with E-state index in [1.165, 1.54) is 6.08 Å². The number of esters is 1. The predicted molar refractivity (Wildman–Crippen MR) is 78.3 cm³/mol. The number of ether oxygens (including phenoxy) is 2. The molecule has 3 nitrogen and oxygen atoms in total. The summed E-state index contributed by atoms with van der Waals surface area (Å²) in [4.78, 5) is 11.6. The first-order valence-corrected chi connectivity index (χ1v) is 6.31. The largest absolute Gasteiger partial charge is 0.497 e. The van der Waals surface area contributed by atoms with E-state index >= 15 is 0 Å². The maximum absolute atomic E-state index is 11.6. The zero-order valence-electron chi connectivity index (χ0n) is 11.3. The topological polar surface area (TPSA) is 35.5 Å². The van der Waals surface area contributed by atoms with Crippen LogP contribution >= 0.6 is 0 Å². The fraction of sp³-hybridized carbons (Fsp3) is 0.118. The number of hydrogen-bond acceptors (Lipinski definition) is 3. The zero-order valence-corrected chi connectivity index (χ0v) is 11.3. The molecule has 0 amide bonds. The standard InChI is InChI=1S/C17H16O3/c1-19-16-10-7-14(8-11-16)9-12-17(18)20-13-15-5-3-2-4-6-15/h2-12H,13H2,1H3. The highest BCUT2D eigenvalue weighted by Crippen LogP contribution is 2.12. The molecule has 0 heterocycles. The van der Waals surface area contributed by atoms with Crippen LogP contribution in [0, 0.1) is 0 Å². The molecule has 102 valence electrons. The van der Waals surface area contributed by atoms with Crippen LogP contribution in [-0.4, -0.2) is 13.1 Å². The summed E-state index contributed by atoms with van der Waals surface area (Å²) in [6.07, 6.45) is 3.14. The van der Waals surface area contributed by atoms with Crippen molar-refractivity contribution in [1.82, 2.24) is 0 Å². The number of rotatable bonds is 5. The van der Waals surface area contributed by atoms with Crippen LogP contribution in [0.1, 0.15) is 11.1 Å². The van der Waals surface area contributed by atoms with Crippen LogP contribution in [-0.2, 0) is 16.1 Å².